The first-order valence-corrected chi connectivity index (χ1v) is 7.14. The van der Waals surface area contributed by atoms with Crippen LogP contribution in [0.4, 0.5) is 0 Å². The summed E-state index contributed by atoms with van der Waals surface area (Å²) in [5.41, 5.74) is 2.03. The molecule has 0 bridgehead atoms. The summed E-state index contributed by atoms with van der Waals surface area (Å²) in [7, 11) is 0.518. The van der Waals surface area contributed by atoms with Gasteiger partial charge in [-0.1, -0.05) is 0 Å². The maximum Gasteiger partial charge on any atom is 0.321 e. The molecule has 80 valence electrons. The molecule has 0 unspecified atom stereocenters. The topological polar surface area (TPSA) is 87.3 Å². The summed E-state index contributed by atoms with van der Waals surface area (Å²) < 4.78 is 0. The minimum Gasteiger partial charge on any atom is -0.742 e. The molecule has 0 fully saturated rings. The van der Waals surface area contributed by atoms with Crippen molar-refractivity contribution < 1.29 is 14.7 Å². The Hall–Kier alpha value is -0.760. The summed E-state index contributed by atoms with van der Waals surface area (Å²) in [5, 5.41) is 8.76. The molecule has 4 nitrogen and oxygen atoms in total. The van der Waals surface area contributed by atoms with Gasteiger partial charge in [0, 0.05) is 11.6 Å². The highest BCUT2D eigenvalue weighted by Crippen LogP contribution is 2.30. The Labute approximate surface area is 91.6 Å². The molecular weight excluding hydrogens is 233 g/mol. The van der Waals surface area contributed by atoms with Crippen molar-refractivity contribution in [1.29, 1.82) is 5.26 Å². The second-order valence-corrected chi connectivity index (χ2v) is 6.63. The van der Waals surface area contributed by atoms with Crippen LogP contribution in [0.5, 0.6) is 0 Å². The largest absolute Gasteiger partial charge is 0.742 e. The lowest BCUT2D eigenvalue weighted by Crippen LogP contribution is -2.00. The highest BCUT2D eigenvalue weighted by atomic mass is 32.5. The zero-order valence-electron chi connectivity index (χ0n) is 8.26. The SMILES string of the molecule is Cc1c(C#N)ccc([S+]=P([O-])(O)O)c1C. The van der Waals surface area contributed by atoms with Crippen LogP contribution in [-0.4, -0.2) is 9.79 Å². The Morgan fingerprint density at radius 2 is 1.93 bits per heavy atom. The number of nitrogens with zero attached hydrogens (tertiary/aromatic N) is 1. The molecule has 0 saturated heterocycles. The Kier molecular flexibility index (Phi) is 3.61. The van der Waals surface area contributed by atoms with Crippen LogP contribution < -0.4 is 4.89 Å². The number of hydrogen-bond donors (Lipinski definition) is 2. The summed E-state index contributed by atoms with van der Waals surface area (Å²) in [6.07, 6.45) is 0. The normalized spacial score (nSPS) is 10.9. The Morgan fingerprint density at radius 3 is 2.40 bits per heavy atom. The van der Waals surface area contributed by atoms with Crippen LogP contribution in [-0.2, 0) is 10.9 Å². The molecule has 0 amide bonds. The fourth-order valence-corrected chi connectivity index (χ4v) is 3.18. The van der Waals surface area contributed by atoms with E-state index >= 15 is 0 Å². The number of hydrogen-bond acceptors (Lipinski definition) is 2. The molecule has 15 heavy (non-hydrogen) atoms. The van der Waals surface area contributed by atoms with Crippen molar-refractivity contribution in [3.63, 3.8) is 0 Å². The molecule has 6 heteroatoms. The molecule has 1 aromatic carbocycles. The monoisotopic (exact) mass is 243 g/mol. The lowest BCUT2D eigenvalue weighted by atomic mass is 10.0. The highest BCUT2D eigenvalue weighted by molar-refractivity contribution is 8.16. The minimum absolute atomic E-state index is 0.514. The van der Waals surface area contributed by atoms with Crippen molar-refractivity contribution in [3.05, 3.63) is 28.8 Å². The second kappa shape index (κ2) is 4.40. The van der Waals surface area contributed by atoms with Crippen molar-refractivity contribution in [2.75, 3.05) is 0 Å². The third-order valence-electron chi connectivity index (χ3n) is 2.08. The van der Waals surface area contributed by atoms with Gasteiger partial charge >= 0.3 is 6.72 Å². The fourth-order valence-electron chi connectivity index (χ4n) is 1.14. The van der Waals surface area contributed by atoms with Gasteiger partial charge in [0.25, 0.3) is 0 Å². The third-order valence-corrected chi connectivity index (χ3v) is 4.26. The summed E-state index contributed by atoms with van der Waals surface area (Å²) in [4.78, 5) is 29.0. The van der Waals surface area contributed by atoms with Gasteiger partial charge in [-0.05, 0) is 25.5 Å². The van der Waals surface area contributed by atoms with E-state index in [4.69, 9.17) is 15.0 Å². The maximum atomic E-state index is 10.8. The van der Waals surface area contributed by atoms with Crippen molar-refractivity contribution in [2.45, 2.75) is 18.7 Å². The molecule has 0 aliphatic carbocycles. The first-order chi connectivity index (χ1) is 6.85. The average molecular weight is 243 g/mol. The lowest BCUT2D eigenvalue weighted by Gasteiger charge is -2.04. The van der Waals surface area contributed by atoms with E-state index in [9.17, 15) is 4.89 Å². The molecule has 0 spiro atoms. The van der Waals surface area contributed by atoms with Gasteiger partial charge in [0.2, 0.25) is 15.8 Å². The zero-order valence-corrected chi connectivity index (χ0v) is 9.97. The lowest BCUT2D eigenvalue weighted by molar-refractivity contribution is -0.196. The van der Waals surface area contributed by atoms with Gasteiger partial charge in [0.15, 0.2) is 0 Å². The van der Waals surface area contributed by atoms with Gasteiger partial charge in [-0.3, -0.25) is 0 Å². The van der Waals surface area contributed by atoms with E-state index < -0.39 is 6.72 Å². The van der Waals surface area contributed by atoms with Gasteiger partial charge in [-0.15, -0.1) is 0 Å². The highest BCUT2D eigenvalue weighted by Gasteiger charge is 2.16. The predicted molar refractivity (Wildman–Crippen MR) is 57.6 cm³/mol. The van der Waals surface area contributed by atoms with Gasteiger partial charge in [0.1, 0.15) is 0 Å². The molecular formula is C9H10NO3PS. The van der Waals surface area contributed by atoms with Crippen molar-refractivity contribution >= 4 is 17.7 Å². The molecule has 2 N–H and O–H groups in total. The number of nitriles is 1. The summed E-state index contributed by atoms with van der Waals surface area (Å²) in [6, 6.07) is 5.15. The van der Waals surface area contributed by atoms with Crippen molar-refractivity contribution in [1.82, 2.24) is 0 Å². The quantitative estimate of drug-likeness (QED) is 0.559. The first-order valence-electron chi connectivity index (χ1n) is 4.10. The van der Waals surface area contributed by atoms with E-state index in [0.29, 0.717) is 21.4 Å². The standard InChI is InChI=1S/C9H10NO3PS/c1-6-7(2)9(15-14(11,12)13)4-3-8(6)5-10/h3-4H,1-2H3,(H2-,11,12,13). The van der Waals surface area contributed by atoms with E-state index in [-0.39, 0.29) is 0 Å². The summed E-state index contributed by atoms with van der Waals surface area (Å²) >= 11 is 0. The third kappa shape index (κ3) is 3.10. The molecule has 0 aliphatic heterocycles. The van der Waals surface area contributed by atoms with Crippen molar-refractivity contribution in [2.24, 2.45) is 0 Å². The van der Waals surface area contributed by atoms with Crippen molar-refractivity contribution in [3.8, 4) is 6.07 Å². The Bertz CT molecular complexity index is 479. The number of rotatable bonds is 1. The van der Waals surface area contributed by atoms with Crippen LogP contribution >= 0.6 is 6.72 Å². The van der Waals surface area contributed by atoms with E-state index in [1.807, 2.05) is 6.07 Å². The van der Waals surface area contributed by atoms with E-state index in [1.165, 1.54) is 0 Å². The second-order valence-electron chi connectivity index (χ2n) is 3.05. The van der Waals surface area contributed by atoms with Gasteiger partial charge in [0.05, 0.1) is 11.6 Å². The molecule has 0 aromatic heterocycles. The van der Waals surface area contributed by atoms with Crippen LogP contribution in [0.3, 0.4) is 0 Å². The Balaban J connectivity index is 3.39. The molecule has 0 atom stereocenters. The fraction of sp³-hybridized carbons (Fsp3) is 0.222. The summed E-state index contributed by atoms with van der Waals surface area (Å²) in [6.45, 7) is -0.618. The minimum atomic E-state index is -4.12. The van der Waals surface area contributed by atoms with Crippen LogP contribution in [0, 0.1) is 25.2 Å². The zero-order chi connectivity index (χ0) is 11.6. The molecule has 1 aromatic rings. The maximum absolute atomic E-state index is 10.8. The first kappa shape index (κ1) is 12.3. The van der Waals surface area contributed by atoms with Crippen LogP contribution in [0.1, 0.15) is 16.7 Å². The number of benzene rings is 1. The summed E-state index contributed by atoms with van der Waals surface area (Å²) in [5.74, 6) is 0. The molecule has 0 heterocycles. The Morgan fingerprint density at radius 1 is 1.33 bits per heavy atom. The average Bonchev–Trinajstić information content (AvgIpc) is 2.11. The van der Waals surface area contributed by atoms with Gasteiger partial charge in [-0.25, -0.2) is 0 Å². The molecule has 0 saturated carbocycles. The van der Waals surface area contributed by atoms with E-state index in [2.05, 4.69) is 0 Å². The van der Waals surface area contributed by atoms with E-state index in [1.54, 1.807) is 26.0 Å². The van der Waals surface area contributed by atoms with Crippen LogP contribution in [0.2, 0.25) is 0 Å². The smallest absolute Gasteiger partial charge is 0.321 e. The van der Waals surface area contributed by atoms with Crippen LogP contribution in [0.25, 0.3) is 0 Å². The van der Waals surface area contributed by atoms with E-state index in [0.717, 1.165) is 11.1 Å². The molecule has 0 radical (unpaired) electrons. The van der Waals surface area contributed by atoms with Crippen LogP contribution in [0.15, 0.2) is 17.0 Å². The predicted octanol–water partition coefficient (Wildman–Crippen LogP) is 0.639. The molecule has 0 aliphatic rings. The molecule has 1 rings (SSSR count). The van der Waals surface area contributed by atoms with Gasteiger partial charge < -0.3 is 14.7 Å². The van der Waals surface area contributed by atoms with Gasteiger partial charge in [-0.2, -0.15) is 5.26 Å².